The minimum Gasteiger partial charge on any atom is -0.507 e. The molecule has 3 aromatic heterocycles. The lowest BCUT2D eigenvalue weighted by Crippen LogP contribution is -2.12. The van der Waals surface area contributed by atoms with Crippen molar-refractivity contribution in [3.05, 3.63) is 205 Å². The highest BCUT2D eigenvalue weighted by Gasteiger charge is 2.10. The SMILES string of the molecule is C1CCOC1.COc1cc(C)ccc1C(=O)O.COc1cc(C)ccc1C(N)=O.COc1cc(C)ccc1CN.Cc1ccc(Br)nc1.Cc1ccc(C(=O)O)c(O)c1.Cc1ccc(CC#N)nc1.Cc1ccc(CCN)nc1.ClCCl. The lowest BCUT2D eigenvalue weighted by atomic mass is 10.1. The number of aromatic hydroxyl groups is 1. The Morgan fingerprint density at radius 1 is 0.598 bits per heavy atom. The smallest absolute Gasteiger partial charge is 0.339 e. The van der Waals surface area contributed by atoms with E-state index in [1.54, 1.807) is 50.6 Å². The number of nitrogens with zero attached hydrogens (tertiary/aromatic N) is 4. The summed E-state index contributed by atoms with van der Waals surface area (Å²) >= 11 is 12.8. The van der Waals surface area contributed by atoms with Gasteiger partial charge in [0.25, 0.3) is 5.91 Å². The van der Waals surface area contributed by atoms with Gasteiger partial charge in [-0.05, 0) is 183 Å². The molecule has 1 amide bonds. The fourth-order valence-corrected chi connectivity index (χ4v) is 6.49. The van der Waals surface area contributed by atoms with Crippen molar-refractivity contribution in [2.45, 2.75) is 80.7 Å². The van der Waals surface area contributed by atoms with E-state index in [0.29, 0.717) is 36.6 Å². The van der Waals surface area contributed by atoms with Gasteiger partial charge in [0.1, 0.15) is 38.7 Å². The molecule has 4 heterocycles. The zero-order valence-corrected chi connectivity index (χ0v) is 51.4. The van der Waals surface area contributed by atoms with Crippen LogP contribution in [0.3, 0.4) is 0 Å². The van der Waals surface area contributed by atoms with Crippen LogP contribution in [0, 0.1) is 59.8 Å². The number of nitrogens with two attached hydrogens (primary N) is 3. The number of carboxylic acid groups (broad SMARTS) is 2. The molecule has 0 aliphatic carbocycles. The van der Waals surface area contributed by atoms with Crippen LogP contribution in [-0.4, -0.2) is 94.5 Å². The first-order valence-corrected chi connectivity index (χ1v) is 27.3. The average molecular weight is 1230 g/mol. The maximum absolute atomic E-state index is 10.8. The number of phenols is 1. The Balaban J connectivity index is 0.000000914. The van der Waals surface area contributed by atoms with Crippen LogP contribution in [-0.2, 0) is 24.1 Å². The van der Waals surface area contributed by atoms with Crippen molar-refractivity contribution in [3.8, 4) is 29.1 Å². The molecule has 0 atom stereocenters. The first kappa shape index (κ1) is 74.4. The number of amides is 1. The number of hydrogen-bond acceptors (Lipinski definition) is 14. The minimum absolute atomic E-state index is 0.0596. The molecule has 9 N–H and O–H groups in total. The fourth-order valence-electron chi connectivity index (χ4n) is 6.26. The third kappa shape index (κ3) is 33.2. The Morgan fingerprint density at radius 2 is 1.00 bits per heavy atom. The highest BCUT2D eigenvalue weighted by atomic mass is 79.9. The monoisotopic (exact) mass is 1230 g/mol. The number of aromatic carboxylic acids is 2. The van der Waals surface area contributed by atoms with E-state index in [9.17, 15) is 14.4 Å². The van der Waals surface area contributed by atoms with Gasteiger partial charge in [-0.3, -0.25) is 14.8 Å². The Hall–Kier alpha value is -7.63. The number of benzene rings is 4. The van der Waals surface area contributed by atoms with Crippen molar-refractivity contribution in [1.29, 1.82) is 5.26 Å². The molecule has 17 nitrogen and oxygen atoms in total. The van der Waals surface area contributed by atoms with Crippen LogP contribution in [0.1, 0.15) is 99.8 Å². The number of carbonyl (C=O) groups is 3. The molecule has 0 unspecified atom stereocenters. The second-order valence-electron chi connectivity index (χ2n) is 17.5. The van der Waals surface area contributed by atoms with Crippen molar-refractivity contribution >= 4 is 57.0 Å². The zero-order chi connectivity index (χ0) is 62.0. The first-order valence-electron chi connectivity index (χ1n) is 25.4. The van der Waals surface area contributed by atoms with Gasteiger partial charge in [0, 0.05) is 56.0 Å². The third-order valence-electron chi connectivity index (χ3n) is 10.6. The number of alkyl halides is 2. The molecule has 1 saturated heterocycles. The van der Waals surface area contributed by atoms with Crippen LogP contribution < -0.4 is 31.4 Å². The lowest BCUT2D eigenvalue weighted by Gasteiger charge is -2.06. The average Bonchev–Trinajstić information content (AvgIpc) is 4.07. The number of pyridine rings is 3. The number of methoxy groups -OCH3 is 3. The number of ether oxygens (including phenoxy) is 4. The normalized spacial score (nSPS) is 10.2. The number of nitriles is 1. The Kier molecular flexibility index (Phi) is 40.0. The molecule has 1 fully saturated rings. The van der Waals surface area contributed by atoms with E-state index >= 15 is 0 Å². The van der Waals surface area contributed by atoms with Gasteiger partial charge < -0.3 is 51.5 Å². The fraction of sp³-hybridized carbons (Fsp3) is 0.306. The van der Waals surface area contributed by atoms with E-state index < -0.39 is 17.8 Å². The molecule has 442 valence electrons. The van der Waals surface area contributed by atoms with Gasteiger partial charge in [-0.25, -0.2) is 14.6 Å². The molecule has 0 spiro atoms. The maximum atomic E-state index is 10.8. The molecule has 20 heteroatoms. The Bertz CT molecular complexity index is 2890. The molecule has 1 aliphatic rings. The summed E-state index contributed by atoms with van der Waals surface area (Å²) in [5.41, 5.74) is 27.1. The van der Waals surface area contributed by atoms with Gasteiger partial charge in [-0.1, -0.05) is 48.5 Å². The van der Waals surface area contributed by atoms with E-state index in [1.165, 1.54) is 62.0 Å². The molecular formula is C62H78BrCl2N7O10. The number of primary amides is 1. The molecule has 4 aromatic carbocycles. The summed E-state index contributed by atoms with van der Waals surface area (Å²) < 4.78 is 20.9. The van der Waals surface area contributed by atoms with E-state index in [4.69, 9.17) is 79.9 Å². The molecule has 0 saturated carbocycles. The van der Waals surface area contributed by atoms with Crippen LogP contribution >= 0.6 is 39.1 Å². The minimum atomic E-state index is -1.11. The van der Waals surface area contributed by atoms with Gasteiger partial charge >= 0.3 is 11.9 Å². The van der Waals surface area contributed by atoms with Gasteiger partial charge in [0.2, 0.25) is 0 Å². The van der Waals surface area contributed by atoms with E-state index in [2.05, 4.69) is 36.9 Å². The molecular weight excluding hydrogens is 1150 g/mol. The zero-order valence-electron chi connectivity index (χ0n) is 48.3. The summed E-state index contributed by atoms with van der Waals surface area (Å²) in [6.45, 7) is 16.8. The number of aryl methyl sites for hydroxylation is 7. The largest absolute Gasteiger partial charge is 0.507 e. The molecule has 0 bridgehead atoms. The van der Waals surface area contributed by atoms with Crippen LogP contribution in [0.15, 0.2) is 132 Å². The summed E-state index contributed by atoms with van der Waals surface area (Å²) in [4.78, 5) is 44.0. The van der Waals surface area contributed by atoms with Gasteiger partial charge in [-0.15, -0.1) is 23.2 Å². The van der Waals surface area contributed by atoms with Crippen molar-refractivity contribution in [3.63, 3.8) is 0 Å². The van der Waals surface area contributed by atoms with Crippen molar-refractivity contribution in [2.75, 3.05) is 46.4 Å². The number of hydrogen-bond donors (Lipinski definition) is 6. The quantitative estimate of drug-likeness (QED) is 0.0548. The predicted octanol–water partition coefficient (Wildman–Crippen LogP) is 12.4. The van der Waals surface area contributed by atoms with Crippen molar-refractivity contribution in [1.82, 2.24) is 15.0 Å². The van der Waals surface area contributed by atoms with Gasteiger partial charge in [0.15, 0.2) is 0 Å². The van der Waals surface area contributed by atoms with Crippen LogP contribution in [0.4, 0.5) is 0 Å². The highest BCUT2D eigenvalue weighted by Crippen LogP contribution is 2.21. The third-order valence-corrected chi connectivity index (χ3v) is 11.0. The van der Waals surface area contributed by atoms with Crippen LogP contribution in [0.25, 0.3) is 0 Å². The molecule has 1 aliphatic heterocycles. The Morgan fingerprint density at radius 3 is 1.35 bits per heavy atom. The van der Waals surface area contributed by atoms with Crippen molar-refractivity contribution in [2.24, 2.45) is 17.2 Å². The number of carboxylic acids is 2. The van der Waals surface area contributed by atoms with Crippen molar-refractivity contribution < 1.29 is 48.7 Å². The summed E-state index contributed by atoms with van der Waals surface area (Å²) in [6, 6.07) is 34.6. The first-order chi connectivity index (χ1) is 39.0. The highest BCUT2D eigenvalue weighted by molar-refractivity contribution is 9.10. The number of aromatic nitrogens is 3. The van der Waals surface area contributed by atoms with Crippen LogP contribution in [0.2, 0.25) is 0 Å². The molecule has 8 rings (SSSR count). The maximum Gasteiger partial charge on any atom is 0.339 e. The van der Waals surface area contributed by atoms with Crippen LogP contribution in [0.5, 0.6) is 23.0 Å². The molecule has 0 radical (unpaired) electrons. The Labute approximate surface area is 501 Å². The molecule has 7 aromatic rings. The number of halogens is 3. The number of rotatable bonds is 10. The topological polar surface area (TPSA) is 289 Å². The second kappa shape index (κ2) is 44.1. The van der Waals surface area contributed by atoms with Gasteiger partial charge in [-0.2, -0.15) is 5.26 Å². The van der Waals surface area contributed by atoms with E-state index in [1.807, 2.05) is 115 Å². The predicted molar refractivity (Wildman–Crippen MR) is 330 cm³/mol. The summed E-state index contributed by atoms with van der Waals surface area (Å²) in [7, 11) is 4.64. The van der Waals surface area contributed by atoms with Gasteiger partial charge in [0.05, 0.1) is 50.4 Å². The number of carbonyl (C=O) groups excluding carboxylic acids is 1. The van der Waals surface area contributed by atoms with E-state index in [0.717, 1.165) is 69.2 Å². The molecule has 82 heavy (non-hydrogen) atoms. The standard InChI is InChI=1S/C9H11NO2.C9H13NO.C9H10O3.C8H12N2.C8H8N2.C8H8O3.C6H6BrN.C4H8O.CH2Cl2/c1-6-3-4-7(9(10)11)8(5-6)12-2;1-7-3-4-8(6-10)9(5-7)11-2;1-6-3-4-7(9(10)11)8(5-6)12-2;2*1-7-2-3-8(4-5-9)10-6-7;1-5-2-3-6(8(10)11)7(9)4-5;1-5-2-3-6(7)8-4-5;1-2-4-5-3-1;2-1-3/h3-5H,1-2H3,(H2,10,11);3-5H,6,10H2,1-2H3;3-5H,1-2H3,(H,10,11);2-3,6H,4-5,9H2,1H3;2-3,6H,4H2,1H3;2-4,9H,1H3,(H,10,11);2-4H,1H3;1-4H2;1H2. The van der Waals surface area contributed by atoms with E-state index in [-0.39, 0.29) is 22.2 Å². The lowest BCUT2D eigenvalue weighted by molar-refractivity contribution is 0.0682. The summed E-state index contributed by atoms with van der Waals surface area (Å²) in [5.74, 6) is -0.906. The summed E-state index contributed by atoms with van der Waals surface area (Å²) in [5, 5.41) is 34.8. The summed E-state index contributed by atoms with van der Waals surface area (Å²) in [6.07, 6.45) is 9.29. The second-order valence-corrected chi connectivity index (χ2v) is 19.1.